The van der Waals surface area contributed by atoms with Gasteiger partial charge >= 0.3 is 0 Å². The molecule has 1 unspecified atom stereocenters. The second-order valence-corrected chi connectivity index (χ2v) is 10.2. The van der Waals surface area contributed by atoms with Gasteiger partial charge in [0, 0.05) is 19.1 Å². The Morgan fingerprint density at radius 3 is 2.84 bits per heavy atom. The first-order valence-electron chi connectivity index (χ1n) is 12.9. The molecule has 194 valence electrons. The highest BCUT2D eigenvalue weighted by Crippen LogP contribution is 2.36. The number of guanidine groups is 1. The molecular weight excluding hydrogens is 468 g/mol. The van der Waals surface area contributed by atoms with Crippen LogP contribution in [-0.2, 0) is 16.0 Å². The van der Waals surface area contributed by atoms with Gasteiger partial charge < -0.3 is 20.9 Å². The fourth-order valence-electron chi connectivity index (χ4n) is 5.77. The van der Waals surface area contributed by atoms with Crippen LogP contribution in [0.2, 0.25) is 0 Å². The van der Waals surface area contributed by atoms with Crippen molar-refractivity contribution in [3.63, 3.8) is 0 Å². The van der Waals surface area contributed by atoms with Crippen molar-refractivity contribution in [3.8, 4) is 0 Å². The average Bonchev–Trinajstić information content (AvgIpc) is 3.19. The van der Waals surface area contributed by atoms with Gasteiger partial charge in [-0.15, -0.1) is 0 Å². The van der Waals surface area contributed by atoms with Gasteiger partial charge in [0.15, 0.2) is 5.96 Å². The summed E-state index contributed by atoms with van der Waals surface area (Å²) in [5.41, 5.74) is 10.0. The predicted octanol–water partition coefficient (Wildman–Crippen LogP) is 3.27. The first kappa shape index (κ1) is 25.2. The van der Waals surface area contributed by atoms with Crippen molar-refractivity contribution in [2.45, 2.75) is 62.8 Å². The summed E-state index contributed by atoms with van der Waals surface area (Å²) < 4.78 is 5.47. The summed E-state index contributed by atoms with van der Waals surface area (Å²) in [6, 6.07) is 12.2. The molecule has 6 bridgehead atoms. The Morgan fingerprint density at radius 1 is 1.24 bits per heavy atom. The summed E-state index contributed by atoms with van der Waals surface area (Å²) in [4.78, 5) is 33.2. The largest absolute Gasteiger partial charge is 0.390 e. The van der Waals surface area contributed by atoms with Gasteiger partial charge in [0.2, 0.25) is 5.91 Å². The summed E-state index contributed by atoms with van der Waals surface area (Å²) >= 11 is 0. The second kappa shape index (κ2) is 10.1. The van der Waals surface area contributed by atoms with Crippen LogP contribution in [0.25, 0.3) is 6.08 Å². The monoisotopic (exact) mass is 502 g/mol. The van der Waals surface area contributed by atoms with E-state index in [0.717, 1.165) is 28.7 Å². The third-order valence-electron chi connectivity index (χ3n) is 7.87. The molecule has 2 aromatic rings. The first-order valence-corrected chi connectivity index (χ1v) is 12.9. The van der Waals surface area contributed by atoms with E-state index in [1.807, 2.05) is 37.3 Å². The minimum Gasteiger partial charge on any atom is -0.390 e. The highest BCUT2D eigenvalue weighted by atomic mass is 16.5. The lowest BCUT2D eigenvalue weighted by Crippen LogP contribution is -2.53. The number of nitrogens with zero attached hydrogens (tertiary/aromatic N) is 2. The number of nitrogens with two attached hydrogens (primary N) is 1. The summed E-state index contributed by atoms with van der Waals surface area (Å²) in [7, 11) is 1.57. The molecule has 0 radical (unpaired) electrons. The number of carbonyl (C=O) groups is 2. The molecule has 4 N–H and O–H groups in total. The predicted molar refractivity (Wildman–Crippen MR) is 142 cm³/mol. The van der Waals surface area contributed by atoms with Crippen molar-refractivity contribution in [1.82, 2.24) is 10.2 Å². The number of ether oxygens (including phenoxy) is 1. The fraction of sp³-hybridized carbons (Fsp3) is 0.414. The zero-order chi connectivity index (χ0) is 26.2. The molecule has 0 spiro atoms. The normalized spacial score (nSPS) is 28.4. The lowest BCUT2D eigenvalue weighted by atomic mass is 9.85. The standard InChI is InChI=1S/C29H34N4O4/c1-3-29-12-5-4-7-18-10-11-19-15-24(34)26(22(19)13-18)31-27(36)21-9-6-8-20(14-21)23(17-37-2)33(25(35)16-29)28(30)32-29/h4,6-11,13-14,23-24,26,34H,3,5,12,15-17H2,1-2H3,(H2,30,32)(H,31,36)/b7-4+/t23?,24-,26-,29-/m1/s1. The van der Waals surface area contributed by atoms with Crippen LogP contribution in [0, 0.1) is 0 Å². The van der Waals surface area contributed by atoms with Gasteiger partial charge in [0.1, 0.15) is 0 Å². The van der Waals surface area contributed by atoms with Crippen LogP contribution in [0.5, 0.6) is 0 Å². The van der Waals surface area contributed by atoms with E-state index in [1.54, 1.807) is 25.3 Å². The van der Waals surface area contributed by atoms with Crippen LogP contribution < -0.4 is 11.1 Å². The van der Waals surface area contributed by atoms with Gasteiger partial charge in [0.05, 0.1) is 36.8 Å². The molecule has 3 aliphatic heterocycles. The Labute approximate surface area is 217 Å². The van der Waals surface area contributed by atoms with Crippen LogP contribution in [-0.4, -0.2) is 53.1 Å². The van der Waals surface area contributed by atoms with Gasteiger partial charge in [0.25, 0.3) is 5.91 Å². The van der Waals surface area contributed by atoms with E-state index in [0.29, 0.717) is 24.8 Å². The summed E-state index contributed by atoms with van der Waals surface area (Å²) in [5, 5.41) is 13.8. The maximum absolute atomic E-state index is 13.5. The van der Waals surface area contributed by atoms with Crippen molar-refractivity contribution < 1.29 is 19.4 Å². The molecule has 2 aromatic carbocycles. The fourth-order valence-corrected chi connectivity index (χ4v) is 5.77. The van der Waals surface area contributed by atoms with Gasteiger partial charge in [-0.1, -0.05) is 43.3 Å². The molecular formula is C29H34N4O4. The van der Waals surface area contributed by atoms with Crippen molar-refractivity contribution in [1.29, 1.82) is 0 Å². The van der Waals surface area contributed by atoms with Crippen LogP contribution in [0.15, 0.2) is 53.5 Å². The highest BCUT2D eigenvalue weighted by Gasteiger charge is 2.41. The van der Waals surface area contributed by atoms with Crippen molar-refractivity contribution >= 4 is 23.8 Å². The number of fused-ring (bicyclic) bond motifs is 4. The molecule has 37 heavy (non-hydrogen) atoms. The quantitative estimate of drug-likeness (QED) is 0.596. The number of aliphatic hydroxyl groups is 1. The summed E-state index contributed by atoms with van der Waals surface area (Å²) in [6.07, 6.45) is 6.32. The molecule has 4 aliphatic rings. The van der Waals surface area contributed by atoms with E-state index < -0.39 is 23.7 Å². The molecule has 8 nitrogen and oxygen atoms in total. The van der Waals surface area contributed by atoms with Gasteiger partial charge in [-0.2, -0.15) is 0 Å². The highest BCUT2D eigenvalue weighted by molar-refractivity contribution is 6.00. The SMILES string of the molecule is CC[C@@]12CC/C=C/c3ccc4c(c3)[C@@H](NC(=O)c3cccc(c3)C(COC)N(C(=O)C1)C(N)=N2)[C@H](O)C4. The topological polar surface area (TPSA) is 117 Å². The molecule has 0 aromatic heterocycles. The van der Waals surface area contributed by atoms with E-state index in [1.165, 1.54) is 4.90 Å². The van der Waals surface area contributed by atoms with E-state index in [9.17, 15) is 14.7 Å². The number of aliphatic imine (C=N–C) groups is 1. The van der Waals surface area contributed by atoms with Crippen molar-refractivity contribution in [3.05, 3.63) is 76.4 Å². The number of allylic oxidation sites excluding steroid dienone is 1. The number of hydrogen-bond acceptors (Lipinski definition) is 6. The number of nitrogens with one attached hydrogen (secondary N) is 1. The number of rotatable bonds is 3. The average molecular weight is 503 g/mol. The smallest absolute Gasteiger partial charge is 0.251 e. The molecule has 1 aliphatic carbocycles. The second-order valence-electron chi connectivity index (χ2n) is 10.2. The maximum atomic E-state index is 13.5. The van der Waals surface area contributed by atoms with Gasteiger partial charge in [-0.05, 0) is 59.7 Å². The van der Waals surface area contributed by atoms with Gasteiger partial charge in [-0.25, -0.2) is 4.99 Å². The number of aliphatic hydroxyl groups excluding tert-OH is 1. The van der Waals surface area contributed by atoms with Crippen molar-refractivity contribution in [2.24, 2.45) is 10.7 Å². The van der Waals surface area contributed by atoms with Gasteiger partial charge in [-0.3, -0.25) is 14.5 Å². The number of carbonyl (C=O) groups excluding carboxylic acids is 2. The minimum absolute atomic E-state index is 0.106. The van der Waals surface area contributed by atoms with Crippen LogP contribution in [0.1, 0.15) is 77.3 Å². The van der Waals surface area contributed by atoms with Crippen molar-refractivity contribution in [2.75, 3.05) is 13.7 Å². The summed E-state index contributed by atoms with van der Waals surface area (Å²) in [5.74, 6) is -0.228. The minimum atomic E-state index is -0.701. The van der Waals surface area contributed by atoms with E-state index in [2.05, 4.69) is 11.4 Å². The number of hydrogen-bond donors (Lipinski definition) is 3. The molecule has 0 saturated carbocycles. The van der Waals surface area contributed by atoms with E-state index in [4.69, 9.17) is 15.5 Å². The zero-order valence-electron chi connectivity index (χ0n) is 21.3. The Kier molecular flexibility index (Phi) is 6.88. The molecule has 6 rings (SSSR count). The van der Waals surface area contributed by atoms with E-state index >= 15 is 0 Å². The van der Waals surface area contributed by atoms with Crippen LogP contribution in [0.4, 0.5) is 0 Å². The third kappa shape index (κ3) is 4.79. The Balaban J connectivity index is 1.60. The lowest BCUT2D eigenvalue weighted by molar-refractivity contribution is -0.132. The lowest BCUT2D eigenvalue weighted by Gasteiger charge is -2.40. The van der Waals surface area contributed by atoms with E-state index in [-0.39, 0.29) is 30.8 Å². The zero-order valence-corrected chi connectivity index (χ0v) is 21.3. The summed E-state index contributed by atoms with van der Waals surface area (Å²) in [6.45, 7) is 2.24. The number of benzene rings is 2. The Bertz CT molecular complexity index is 1270. The number of methoxy groups -OCH3 is 1. The molecule has 0 fully saturated rings. The molecule has 4 atom stereocenters. The Morgan fingerprint density at radius 2 is 2.08 bits per heavy atom. The third-order valence-corrected chi connectivity index (χ3v) is 7.87. The maximum Gasteiger partial charge on any atom is 0.251 e. The van der Waals surface area contributed by atoms with Crippen LogP contribution >= 0.6 is 0 Å². The first-order chi connectivity index (χ1) is 17.8. The molecule has 3 heterocycles. The Hall–Kier alpha value is -3.49. The number of amides is 2. The molecule has 0 saturated heterocycles. The van der Waals surface area contributed by atoms with Crippen LogP contribution in [0.3, 0.4) is 0 Å². The molecule has 8 heteroatoms. The molecule has 2 amide bonds.